The fraction of sp³-hybridized carbons (Fsp3) is 0. The van der Waals surface area contributed by atoms with E-state index >= 15 is 0 Å². The molecular formula is Pt3Sb2. The number of rotatable bonds is 0. The van der Waals surface area contributed by atoms with Crippen LogP contribution in [0.4, 0.5) is 0 Å². The maximum Gasteiger partial charge on any atom is 0 e. The Kier molecular flexibility index (Phi) is 190. The number of hydrogen-bond donors (Lipinski definition) is 0. The summed E-state index contributed by atoms with van der Waals surface area (Å²) in [6.45, 7) is 0. The molecule has 0 saturated heterocycles. The maximum absolute atomic E-state index is 0. The Bertz CT molecular complexity index is 4.85. The largest absolute Gasteiger partial charge is 0 e. The Morgan fingerprint density at radius 1 is 0.400 bits per heavy atom. The van der Waals surface area contributed by atoms with Gasteiger partial charge in [0, 0.05) is 112 Å². The van der Waals surface area contributed by atoms with Crippen molar-refractivity contribution in [2.75, 3.05) is 0 Å². The van der Waals surface area contributed by atoms with Gasteiger partial charge < -0.3 is 0 Å². The minimum atomic E-state index is 0. The molecule has 0 fully saturated rings. The summed E-state index contributed by atoms with van der Waals surface area (Å²) in [5.74, 6) is 0. The van der Waals surface area contributed by atoms with Crippen LogP contribution in [0.3, 0.4) is 0 Å². The molecule has 0 heterocycles. The minimum Gasteiger partial charge on any atom is 0 e. The average molecular weight is 829 g/mol. The smallest absolute Gasteiger partial charge is 0 e. The van der Waals surface area contributed by atoms with Crippen LogP contribution in [-0.2, 0) is 63.2 Å². The molecule has 0 nitrogen and oxygen atoms in total. The molecule has 40 valence electrons. The van der Waals surface area contributed by atoms with E-state index in [0.717, 1.165) is 0 Å². The first-order chi connectivity index (χ1) is 0. The van der Waals surface area contributed by atoms with Gasteiger partial charge in [-0.1, -0.05) is 0 Å². The average Bonchev–Trinajstić information content (AvgIpc) is 0. The van der Waals surface area contributed by atoms with Crippen molar-refractivity contribution in [3.05, 3.63) is 0 Å². The van der Waals surface area contributed by atoms with E-state index in [9.17, 15) is 0 Å². The number of hydrogen-bond acceptors (Lipinski definition) is 0. The Morgan fingerprint density at radius 3 is 0.400 bits per heavy atom. The third kappa shape index (κ3) is 18.3. The third-order valence-corrected chi connectivity index (χ3v) is 0. The fourth-order valence-corrected chi connectivity index (χ4v) is 0. The van der Waals surface area contributed by atoms with Crippen LogP contribution in [0, 0.1) is 0 Å². The van der Waals surface area contributed by atoms with Gasteiger partial charge in [0.15, 0.2) is 0 Å². The monoisotopic (exact) mass is 827 g/mol. The van der Waals surface area contributed by atoms with Gasteiger partial charge in [0.2, 0.25) is 0 Å². The van der Waals surface area contributed by atoms with Crippen molar-refractivity contribution >= 4 is 48.9 Å². The molecule has 0 atom stereocenters. The normalized spacial score (nSPS) is 0. The first kappa shape index (κ1) is 37.7. The van der Waals surface area contributed by atoms with Crippen molar-refractivity contribution in [3.8, 4) is 0 Å². The zero-order valence-corrected chi connectivity index (χ0v) is 13.8. The topological polar surface area (TPSA) is 0 Å². The maximum atomic E-state index is 0. The van der Waals surface area contributed by atoms with E-state index in [1.165, 1.54) is 0 Å². The van der Waals surface area contributed by atoms with Gasteiger partial charge in [-0.15, -0.1) is 0 Å². The van der Waals surface area contributed by atoms with Crippen LogP contribution in [0.25, 0.3) is 0 Å². The van der Waals surface area contributed by atoms with E-state index in [-0.39, 0.29) is 112 Å². The van der Waals surface area contributed by atoms with Gasteiger partial charge in [-0.05, 0) is 0 Å². The van der Waals surface area contributed by atoms with E-state index < -0.39 is 0 Å². The first-order valence-corrected chi connectivity index (χ1v) is 0. The second-order valence-electron chi connectivity index (χ2n) is 0. The van der Waals surface area contributed by atoms with Crippen LogP contribution < -0.4 is 0 Å². The summed E-state index contributed by atoms with van der Waals surface area (Å²) in [5, 5.41) is 0. The molecule has 0 saturated carbocycles. The van der Waals surface area contributed by atoms with E-state index in [4.69, 9.17) is 0 Å². The van der Waals surface area contributed by atoms with Gasteiger partial charge in [0.25, 0.3) is 0 Å². The molecule has 0 aliphatic rings. The van der Waals surface area contributed by atoms with E-state index in [1.54, 1.807) is 0 Å². The van der Waals surface area contributed by atoms with Gasteiger partial charge in [0.1, 0.15) is 0 Å². The molecule has 5 heteroatoms. The molecule has 5 heavy (non-hydrogen) atoms. The fourth-order valence-electron chi connectivity index (χ4n) is 0. The van der Waals surface area contributed by atoms with Crippen LogP contribution in [0.5, 0.6) is 0 Å². The van der Waals surface area contributed by atoms with Crippen LogP contribution >= 0.6 is 0 Å². The Balaban J connectivity index is 0. The van der Waals surface area contributed by atoms with Gasteiger partial charge in [-0.2, -0.15) is 0 Å². The van der Waals surface area contributed by atoms with E-state index in [2.05, 4.69) is 0 Å². The molecule has 0 aromatic heterocycles. The van der Waals surface area contributed by atoms with E-state index in [1.807, 2.05) is 0 Å². The van der Waals surface area contributed by atoms with Crippen LogP contribution in [-0.4, -0.2) is 48.9 Å². The summed E-state index contributed by atoms with van der Waals surface area (Å²) < 4.78 is 0. The van der Waals surface area contributed by atoms with Gasteiger partial charge in [-0.3, -0.25) is 0 Å². The van der Waals surface area contributed by atoms with Crippen molar-refractivity contribution in [3.63, 3.8) is 0 Å². The summed E-state index contributed by atoms with van der Waals surface area (Å²) in [5.41, 5.74) is 0. The van der Waals surface area contributed by atoms with Crippen molar-refractivity contribution in [2.45, 2.75) is 0 Å². The van der Waals surface area contributed by atoms with E-state index in [0.29, 0.717) is 0 Å². The van der Waals surface area contributed by atoms with Crippen molar-refractivity contribution in [1.29, 1.82) is 0 Å². The van der Waals surface area contributed by atoms with Crippen LogP contribution in [0.2, 0.25) is 0 Å². The summed E-state index contributed by atoms with van der Waals surface area (Å²) in [4.78, 5) is 0. The Labute approximate surface area is 110 Å². The predicted octanol–water partition coefficient (Wildman–Crippen LogP) is -0.769. The van der Waals surface area contributed by atoms with Crippen LogP contribution in [0.15, 0.2) is 0 Å². The van der Waals surface area contributed by atoms with Gasteiger partial charge in [0.05, 0.1) is 0 Å². The molecule has 0 N–H and O–H groups in total. The first-order valence-electron chi connectivity index (χ1n) is 0. The van der Waals surface area contributed by atoms with Crippen molar-refractivity contribution < 1.29 is 63.2 Å². The predicted molar refractivity (Wildman–Crippen MR) is 11.5 cm³/mol. The summed E-state index contributed by atoms with van der Waals surface area (Å²) in [7, 11) is 0. The Hall–Kier alpha value is 3.70. The second-order valence-corrected chi connectivity index (χ2v) is 0. The SMILES string of the molecule is [Pt].[Pt].[Pt].[Sb].[Sb]. The molecule has 0 bridgehead atoms. The molecule has 0 aromatic carbocycles. The van der Waals surface area contributed by atoms with Gasteiger partial charge in [-0.25, -0.2) is 0 Å². The molecule has 0 amide bonds. The molecule has 0 unspecified atom stereocenters. The zero-order valence-electron chi connectivity index (χ0n) is 1.84. The van der Waals surface area contributed by atoms with Crippen LogP contribution in [0.1, 0.15) is 0 Å². The third-order valence-electron chi connectivity index (χ3n) is 0. The van der Waals surface area contributed by atoms with Crippen molar-refractivity contribution in [2.24, 2.45) is 0 Å². The summed E-state index contributed by atoms with van der Waals surface area (Å²) in [6.07, 6.45) is 0. The molecule has 0 rings (SSSR count). The van der Waals surface area contributed by atoms with Crippen molar-refractivity contribution in [1.82, 2.24) is 0 Å². The Morgan fingerprint density at radius 2 is 0.400 bits per heavy atom. The molecule has 0 aromatic rings. The molecular weight excluding hydrogens is 829 g/mol. The molecule has 0 aliphatic heterocycles. The van der Waals surface area contributed by atoms with Gasteiger partial charge >= 0.3 is 0 Å². The quantitative estimate of drug-likeness (QED) is 0.282. The molecule has 0 spiro atoms. The summed E-state index contributed by atoms with van der Waals surface area (Å²) in [6, 6.07) is 0. The minimum absolute atomic E-state index is 0. The molecule has 6 radical (unpaired) electrons. The standard InChI is InChI=1S/3Pt.2Sb. The zero-order chi connectivity index (χ0) is 0. The second kappa shape index (κ2) is 25.2. The summed E-state index contributed by atoms with van der Waals surface area (Å²) >= 11 is 0. The molecule has 0 aliphatic carbocycles.